The van der Waals surface area contributed by atoms with Gasteiger partial charge >= 0.3 is 0 Å². The Kier molecular flexibility index (Phi) is 6.38. The molecule has 0 aliphatic rings. The largest absolute Gasteiger partial charge is 0.384 e. The maximum Gasteiger partial charge on any atom is 0.154 e. The van der Waals surface area contributed by atoms with Gasteiger partial charge in [-0.2, -0.15) is 0 Å². The van der Waals surface area contributed by atoms with E-state index in [0.29, 0.717) is 6.61 Å². The van der Waals surface area contributed by atoms with Crippen LogP contribution in [-0.4, -0.2) is 39.7 Å². The summed E-state index contributed by atoms with van der Waals surface area (Å²) in [5.41, 5.74) is 2.18. The van der Waals surface area contributed by atoms with Crippen LogP contribution in [0.4, 0.5) is 0 Å². The summed E-state index contributed by atoms with van der Waals surface area (Å²) in [7, 11) is -1.49. The lowest BCUT2D eigenvalue weighted by Gasteiger charge is -2.33. The Morgan fingerprint density at radius 3 is 2.24 bits per heavy atom. The third kappa shape index (κ3) is 4.53. The van der Waals surface area contributed by atoms with Crippen LogP contribution in [0.5, 0.6) is 0 Å². The van der Waals surface area contributed by atoms with Crippen molar-refractivity contribution < 1.29 is 13.2 Å². The quantitative estimate of drug-likeness (QED) is 0.800. The molecule has 1 N–H and O–H groups in total. The Hall–Kier alpha value is -0.910. The molecule has 0 spiro atoms. The first-order chi connectivity index (χ1) is 9.74. The number of hydrogen-bond acceptors (Lipinski definition) is 4. The fourth-order valence-corrected chi connectivity index (χ4v) is 2.93. The Bertz CT molecular complexity index is 535. The van der Waals surface area contributed by atoms with Crippen molar-refractivity contribution >= 4 is 9.84 Å². The lowest BCUT2D eigenvalue weighted by atomic mass is 9.94. The zero-order chi connectivity index (χ0) is 16.1. The van der Waals surface area contributed by atoms with Gasteiger partial charge in [-0.3, -0.25) is 0 Å². The molecule has 0 saturated heterocycles. The number of nitrogens with one attached hydrogen (secondary N) is 1. The third-order valence-electron chi connectivity index (χ3n) is 3.97. The van der Waals surface area contributed by atoms with E-state index in [-0.39, 0.29) is 6.04 Å². The zero-order valence-corrected chi connectivity index (χ0v) is 14.5. The first-order valence-electron chi connectivity index (χ1n) is 7.24. The van der Waals surface area contributed by atoms with Gasteiger partial charge in [-0.15, -0.1) is 0 Å². The van der Waals surface area contributed by atoms with E-state index in [9.17, 15) is 8.42 Å². The normalized spacial score (nSPS) is 14.1. The van der Waals surface area contributed by atoms with Gasteiger partial charge in [0.25, 0.3) is 0 Å². The first-order valence-corrected chi connectivity index (χ1v) is 9.14. The summed E-state index contributed by atoms with van der Waals surface area (Å²) in [6.07, 6.45) is 2.16. The minimum Gasteiger partial charge on any atom is -0.384 e. The Labute approximate surface area is 128 Å². The second-order valence-electron chi connectivity index (χ2n) is 5.85. The van der Waals surface area contributed by atoms with Gasteiger partial charge in [-0.25, -0.2) is 8.42 Å². The van der Waals surface area contributed by atoms with E-state index >= 15 is 0 Å². The van der Waals surface area contributed by atoms with E-state index in [4.69, 9.17) is 4.74 Å². The number of methoxy groups -OCH3 is 1. The Balaban J connectivity index is 3.06. The second kappa shape index (κ2) is 7.38. The molecule has 4 nitrogen and oxygen atoms in total. The SMILES string of the molecule is CCNC(c1ccc(CCOC)cc1)C(C)(C)S(C)(=O)=O. The standard InChI is InChI=1S/C16H27NO3S/c1-6-17-15(16(2,3)21(5,18)19)14-9-7-13(8-10-14)11-12-20-4/h7-10,15,17H,6,11-12H2,1-5H3. The van der Waals surface area contributed by atoms with Crippen molar-refractivity contribution in [1.82, 2.24) is 5.32 Å². The van der Waals surface area contributed by atoms with Gasteiger partial charge in [0, 0.05) is 13.4 Å². The lowest BCUT2D eigenvalue weighted by molar-refractivity contribution is 0.202. The van der Waals surface area contributed by atoms with Crippen molar-refractivity contribution in [2.75, 3.05) is 26.5 Å². The molecule has 0 aliphatic carbocycles. The number of benzene rings is 1. The molecule has 0 heterocycles. The minimum absolute atomic E-state index is 0.228. The summed E-state index contributed by atoms with van der Waals surface area (Å²) in [5, 5.41) is 3.30. The molecule has 1 unspecified atom stereocenters. The Morgan fingerprint density at radius 2 is 1.81 bits per heavy atom. The number of rotatable bonds is 8. The average Bonchev–Trinajstić information content (AvgIpc) is 2.42. The highest BCUT2D eigenvalue weighted by molar-refractivity contribution is 7.92. The highest BCUT2D eigenvalue weighted by Gasteiger charge is 2.39. The summed E-state index contributed by atoms with van der Waals surface area (Å²) in [6, 6.07) is 7.86. The third-order valence-corrected chi connectivity index (χ3v) is 6.11. The fourth-order valence-electron chi connectivity index (χ4n) is 2.28. The van der Waals surface area contributed by atoms with E-state index in [1.165, 1.54) is 11.8 Å². The lowest BCUT2D eigenvalue weighted by Crippen LogP contribution is -2.45. The molecule has 1 aromatic rings. The van der Waals surface area contributed by atoms with Gasteiger partial charge in [0.1, 0.15) is 0 Å². The number of ether oxygens (including phenoxy) is 1. The van der Waals surface area contributed by atoms with Crippen LogP contribution in [0.15, 0.2) is 24.3 Å². The average molecular weight is 313 g/mol. The van der Waals surface area contributed by atoms with E-state index in [1.54, 1.807) is 21.0 Å². The molecule has 1 atom stereocenters. The van der Waals surface area contributed by atoms with E-state index in [2.05, 4.69) is 5.32 Å². The van der Waals surface area contributed by atoms with E-state index < -0.39 is 14.6 Å². The molecule has 0 amide bonds. The van der Waals surface area contributed by atoms with Crippen molar-refractivity contribution in [3.63, 3.8) is 0 Å². The molecule has 21 heavy (non-hydrogen) atoms. The molecule has 0 fully saturated rings. The van der Waals surface area contributed by atoms with Crippen LogP contribution in [0.1, 0.15) is 37.9 Å². The van der Waals surface area contributed by atoms with Gasteiger partial charge in [0.15, 0.2) is 9.84 Å². The van der Waals surface area contributed by atoms with Crippen molar-refractivity contribution in [3.8, 4) is 0 Å². The van der Waals surface area contributed by atoms with Crippen LogP contribution in [-0.2, 0) is 21.0 Å². The van der Waals surface area contributed by atoms with Crippen molar-refractivity contribution in [1.29, 1.82) is 0 Å². The molecule has 120 valence electrons. The van der Waals surface area contributed by atoms with Crippen LogP contribution in [0.25, 0.3) is 0 Å². The smallest absolute Gasteiger partial charge is 0.154 e. The first kappa shape index (κ1) is 18.1. The number of sulfone groups is 1. The predicted octanol–water partition coefficient (Wildman–Crippen LogP) is 2.35. The molecule has 1 rings (SSSR count). The molecular formula is C16H27NO3S. The monoisotopic (exact) mass is 313 g/mol. The van der Waals surface area contributed by atoms with Crippen LogP contribution < -0.4 is 5.32 Å². The van der Waals surface area contributed by atoms with E-state index in [0.717, 1.165) is 18.5 Å². The highest BCUT2D eigenvalue weighted by Crippen LogP contribution is 2.32. The van der Waals surface area contributed by atoms with Crippen molar-refractivity contribution in [2.24, 2.45) is 0 Å². The highest BCUT2D eigenvalue weighted by atomic mass is 32.2. The topological polar surface area (TPSA) is 55.4 Å². The Morgan fingerprint density at radius 1 is 1.24 bits per heavy atom. The summed E-state index contributed by atoms with van der Waals surface area (Å²) >= 11 is 0. The van der Waals surface area contributed by atoms with Crippen LogP contribution >= 0.6 is 0 Å². The summed E-state index contributed by atoms with van der Waals surface area (Å²) in [5.74, 6) is 0. The summed E-state index contributed by atoms with van der Waals surface area (Å²) in [4.78, 5) is 0. The van der Waals surface area contributed by atoms with Crippen LogP contribution in [0, 0.1) is 0 Å². The maximum absolute atomic E-state index is 12.1. The minimum atomic E-state index is -3.18. The molecule has 0 aromatic heterocycles. The molecule has 5 heteroatoms. The predicted molar refractivity (Wildman–Crippen MR) is 87.4 cm³/mol. The second-order valence-corrected chi connectivity index (χ2v) is 8.45. The molecule has 0 aliphatic heterocycles. The van der Waals surface area contributed by atoms with Gasteiger partial charge < -0.3 is 10.1 Å². The summed E-state index contributed by atoms with van der Waals surface area (Å²) < 4.78 is 28.4. The summed E-state index contributed by atoms with van der Waals surface area (Å²) in [6.45, 7) is 6.93. The number of hydrogen-bond donors (Lipinski definition) is 1. The van der Waals surface area contributed by atoms with Crippen LogP contribution in [0.3, 0.4) is 0 Å². The van der Waals surface area contributed by atoms with Gasteiger partial charge in [-0.05, 0) is 37.9 Å². The molecular weight excluding hydrogens is 286 g/mol. The van der Waals surface area contributed by atoms with Gasteiger partial charge in [0.05, 0.1) is 17.4 Å². The van der Waals surface area contributed by atoms with Crippen molar-refractivity contribution in [2.45, 2.75) is 38.0 Å². The maximum atomic E-state index is 12.1. The zero-order valence-electron chi connectivity index (χ0n) is 13.6. The van der Waals surface area contributed by atoms with E-state index in [1.807, 2.05) is 31.2 Å². The molecule has 0 radical (unpaired) electrons. The van der Waals surface area contributed by atoms with Crippen LogP contribution in [0.2, 0.25) is 0 Å². The molecule has 0 saturated carbocycles. The fraction of sp³-hybridized carbons (Fsp3) is 0.625. The van der Waals surface area contributed by atoms with Gasteiger partial charge in [-0.1, -0.05) is 31.2 Å². The van der Waals surface area contributed by atoms with Crippen molar-refractivity contribution in [3.05, 3.63) is 35.4 Å². The van der Waals surface area contributed by atoms with Gasteiger partial charge in [0.2, 0.25) is 0 Å². The molecule has 1 aromatic carbocycles. The molecule has 0 bridgehead atoms.